The van der Waals surface area contributed by atoms with Crippen LogP contribution in [0.5, 0.6) is 0 Å². The average Bonchev–Trinajstić information content (AvgIpc) is 2.80. The molecule has 1 atom stereocenters. The van der Waals surface area contributed by atoms with E-state index in [0.29, 0.717) is 26.4 Å². The molecule has 33 heavy (non-hydrogen) atoms. The van der Waals surface area contributed by atoms with E-state index in [1.54, 1.807) is 0 Å². The topological polar surface area (TPSA) is 68.7 Å². The highest BCUT2D eigenvalue weighted by Crippen LogP contribution is 2.22. The molecule has 0 radical (unpaired) electrons. The molecule has 178 valence electrons. The third-order valence-electron chi connectivity index (χ3n) is 6.70. The van der Waals surface area contributed by atoms with Crippen LogP contribution in [0.2, 0.25) is 0 Å². The lowest BCUT2D eigenvalue weighted by molar-refractivity contribution is -0.147. The molecule has 0 bridgehead atoms. The summed E-state index contributed by atoms with van der Waals surface area (Å²) in [6, 6.07) is 6.77. The van der Waals surface area contributed by atoms with Crippen molar-refractivity contribution in [3.8, 4) is 0 Å². The van der Waals surface area contributed by atoms with E-state index in [0.717, 1.165) is 38.3 Å². The van der Waals surface area contributed by atoms with Crippen LogP contribution in [0.3, 0.4) is 0 Å². The lowest BCUT2D eigenvalue weighted by atomic mass is 10.1. The molecule has 1 unspecified atom stereocenters. The first-order valence-corrected chi connectivity index (χ1v) is 11.8. The molecule has 0 spiro atoms. The van der Waals surface area contributed by atoms with Crippen LogP contribution in [-0.2, 0) is 14.3 Å². The maximum absolute atomic E-state index is 12.2. The number of rotatable bonds is 6. The maximum Gasteiger partial charge on any atom is 0.243 e. The number of ether oxygens (including phenoxy) is 1. The Morgan fingerprint density at radius 3 is 2.55 bits per heavy atom. The molecule has 1 aromatic rings. The lowest BCUT2D eigenvalue weighted by Crippen LogP contribution is -2.55. The van der Waals surface area contributed by atoms with Crippen molar-refractivity contribution in [2.24, 2.45) is 4.99 Å². The predicted molar refractivity (Wildman–Crippen MR) is 129 cm³/mol. The summed E-state index contributed by atoms with van der Waals surface area (Å²) in [7, 11) is 0. The van der Waals surface area contributed by atoms with Crippen molar-refractivity contribution < 1.29 is 14.3 Å². The number of hydrogen-bond donors (Lipinski definition) is 0. The molecule has 4 rings (SSSR count). The van der Waals surface area contributed by atoms with E-state index in [9.17, 15) is 9.59 Å². The summed E-state index contributed by atoms with van der Waals surface area (Å²) in [5.41, 5.74) is 4.92. The molecule has 3 aliphatic heterocycles. The summed E-state index contributed by atoms with van der Waals surface area (Å²) in [5.74, 6) is -0.305. The van der Waals surface area contributed by atoms with E-state index >= 15 is 0 Å². The number of amides is 2. The lowest BCUT2D eigenvalue weighted by Gasteiger charge is -2.37. The summed E-state index contributed by atoms with van der Waals surface area (Å²) < 4.78 is 5.94. The molecule has 0 N–H and O–H groups in total. The van der Waals surface area contributed by atoms with Crippen molar-refractivity contribution >= 4 is 23.7 Å². The Morgan fingerprint density at radius 2 is 1.91 bits per heavy atom. The van der Waals surface area contributed by atoms with Crippen molar-refractivity contribution in [2.75, 3.05) is 64.1 Å². The van der Waals surface area contributed by atoms with Gasteiger partial charge in [-0.3, -0.25) is 29.3 Å². The number of anilines is 1. The molecule has 3 heterocycles. The molecule has 0 aromatic heterocycles. The number of benzene rings is 1. The molecule has 0 aliphatic carbocycles. The number of carbonyl (C=O) groups excluding carboxylic acids is 2. The summed E-state index contributed by atoms with van der Waals surface area (Å²) in [6.45, 7) is 12.3. The van der Waals surface area contributed by atoms with Crippen LogP contribution < -0.4 is 4.90 Å². The van der Waals surface area contributed by atoms with Gasteiger partial charge in [0.1, 0.15) is 0 Å². The normalized spacial score (nSPS) is 22.6. The standard InChI is InChI=1S/C25H35N5O3/c1-19-4-7-24(20(2)14-19)28-10-8-27(9-11-28)18-33-17-22-5-6-23(15-26-22)29-12-13-30(21(3)31)25(32)16-29/h4-5,7,14-15,23H,6,8-13,16-18H2,1-3H3. The minimum absolute atomic E-state index is 0.102. The predicted octanol–water partition coefficient (Wildman–Crippen LogP) is 1.82. The molecule has 2 saturated heterocycles. The Hall–Kier alpha value is -2.55. The number of nitrogens with zero attached hydrogens (tertiary/aromatic N) is 5. The highest BCUT2D eigenvalue weighted by molar-refractivity contribution is 5.95. The number of aliphatic imine (C=N–C) groups is 1. The minimum atomic E-state index is -0.178. The van der Waals surface area contributed by atoms with Crippen LogP contribution in [0.4, 0.5) is 5.69 Å². The summed E-state index contributed by atoms with van der Waals surface area (Å²) in [5, 5.41) is 0. The molecular formula is C25H35N5O3. The van der Waals surface area contributed by atoms with Crippen LogP contribution >= 0.6 is 0 Å². The van der Waals surface area contributed by atoms with Gasteiger partial charge in [0.15, 0.2) is 0 Å². The Labute approximate surface area is 196 Å². The van der Waals surface area contributed by atoms with E-state index in [-0.39, 0.29) is 24.4 Å². The van der Waals surface area contributed by atoms with Crippen molar-refractivity contribution in [3.05, 3.63) is 41.1 Å². The van der Waals surface area contributed by atoms with Gasteiger partial charge in [0.05, 0.1) is 25.6 Å². The van der Waals surface area contributed by atoms with E-state index in [1.165, 1.54) is 28.6 Å². The molecule has 2 amide bonds. The fraction of sp³-hybridized carbons (Fsp3) is 0.560. The minimum Gasteiger partial charge on any atom is -0.369 e. The summed E-state index contributed by atoms with van der Waals surface area (Å²) in [4.78, 5) is 36.4. The third-order valence-corrected chi connectivity index (χ3v) is 6.70. The molecule has 3 aliphatic rings. The van der Waals surface area contributed by atoms with E-state index in [4.69, 9.17) is 4.74 Å². The first-order valence-electron chi connectivity index (χ1n) is 11.8. The number of carbonyl (C=O) groups is 2. The Morgan fingerprint density at radius 1 is 1.12 bits per heavy atom. The summed E-state index contributed by atoms with van der Waals surface area (Å²) >= 11 is 0. The molecular weight excluding hydrogens is 418 g/mol. The van der Waals surface area contributed by atoms with E-state index in [2.05, 4.69) is 57.8 Å². The molecule has 0 saturated carbocycles. The van der Waals surface area contributed by atoms with Gasteiger partial charge in [-0.2, -0.15) is 0 Å². The highest BCUT2D eigenvalue weighted by Gasteiger charge is 2.30. The second kappa shape index (κ2) is 10.6. The van der Waals surface area contributed by atoms with Gasteiger partial charge in [0.2, 0.25) is 11.8 Å². The van der Waals surface area contributed by atoms with Gasteiger partial charge >= 0.3 is 0 Å². The van der Waals surface area contributed by atoms with Gasteiger partial charge in [-0.15, -0.1) is 0 Å². The SMILES string of the molecule is CC(=O)N1CCN(C2C=NC(COCN3CCN(c4ccc(C)cc4C)CC3)=CC2)CC1=O. The summed E-state index contributed by atoms with van der Waals surface area (Å²) in [6.07, 6.45) is 4.83. The average molecular weight is 454 g/mol. The second-order valence-electron chi connectivity index (χ2n) is 9.18. The van der Waals surface area contributed by atoms with Crippen LogP contribution in [-0.4, -0.2) is 97.9 Å². The van der Waals surface area contributed by atoms with Crippen molar-refractivity contribution in [2.45, 2.75) is 33.2 Å². The zero-order valence-electron chi connectivity index (χ0n) is 20.0. The first kappa shape index (κ1) is 23.6. The van der Waals surface area contributed by atoms with Crippen molar-refractivity contribution in [3.63, 3.8) is 0 Å². The smallest absolute Gasteiger partial charge is 0.243 e. The number of piperazine rings is 2. The van der Waals surface area contributed by atoms with Gasteiger partial charge in [-0.05, 0) is 31.9 Å². The number of imide groups is 1. The molecule has 2 fully saturated rings. The van der Waals surface area contributed by atoms with E-state index in [1.807, 2.05) is 6.21 Å². The highest BCUT2D eigenvalue weighted by atomic mass is 16.5. The number of aryl methyl sites for hydroxylation is 2. The molecule has 1 aromatic carbocycles. The Balaban J connectivity index is 1.16. The Kier molecular flexibility index (Phi) is 7.57. The zero-order valence-corrected chi connectivity index (χ0v) is 20.0. The van der Waals surface area contributed by atoms with Gasteiger partial charge in [0, 0.05) is 64.1 Å². The van der Waals surface area contributed by atoms with E-state index < -0.39 is 0 Å². The zero-order chi connectivity index (χ0) is 23.4. The molecule has 8 heteroatoms. The van der Waals surface area contributed by atoms with Crippen LogP contribution in [0.15, 0.2) is 35.0 Å². The van der Waals surface area contributed by atoms with Crippen molar-refractivity contribution in [1.82, 2.24) is 14.7 Å². The third kappa shape index (κ3) is 5.88. The fourth-order valence-electron chi connectivity index (χ4n) is 4.76. The fourth-order valence-corrected chi connectivity index (χ4v) is 4.76. The van der Waals surface area contributed by atoms with Gasteiger partial charge in [-0.25, -0.2) is 0 Å². The molecule has 8 nitrogen and oxygen atoms in total. The monoisotopic (exact) mass is 453 g/mol. The van der Waals surface area contributed by atoms with Crippen molar-refractivity contribution in [1.29, 1.82) is 0 Å². The van der Waals surface area contributed by atoms with Crippen LogP contribution in [0, 0.1) is 13.8 Å². The number of hydrogen-bond acceptors (Lipinski definition) is 7. The van der Waals surface area contributed by atoms with Crippen LogP contribution in [0.25, 0.3) is 0 Å². The van der Waals surface area contributed by atoms with Crippen LogP contribution in [0.1, 0.15) is 24.5 Å². The quantitative estimate of drug-likeness (QED) is 0.655. The van der Waals surface area contributed by atoms with Gasteiger partial charge in [-0.1, -0.05) is 23.8 Å². The van der Waals surface area contributed by atoms with Gasteiger partial charge in [0.25, 0.3) is 0 Å². The maximum atomic E-state index is 12.2. The first-order chi connectivity index (χ1) is 15.9. The Bertz CT molecular complexity index is 936. The largest absolute Gasteiger partial charge is 0.369 e. The van der Waals surface area contributed by atoms with Gasteiger partial charge < -0.3 is 9.64 Å². The second-order valence-corrected chi connectivity index (χ2v) is 9.18.